The van der Waals surface area contributed by atoms with Crippen molar-refractivity contribution in [2.75, 3.05) is 26.7 Å². The number of aryl methyl sites for hydroxylation is 1. The topological polar surface area (TPSA) is 45.6 Å². The van der Waals surface area contributed by atoms with Crippen molar-refractivity contribution < 1.29 is 9.59 Å². The summed E-state index contributed by atoms with van der Waals surface area (Å²) in [7, 11) is 4.27. The minimum Gasteiger partial charge on any atom is -0.343 e. The molecule has 2 aromatic rings. The van der Waals surface area contributed by atoms with Crippen molar-refractivity contribution in [3.05, 3.63) is 40.0 Å². The Kier molecular flexibility index (Phi) is 9.17. The molecule has 2 heterocycles. The van der Waals surface area contributed by atoms with Crippen LogP contribution in [0.5, 0.6) is 0 Å². The van der Waals surface area contributed by atoms with Gasteiger partial charge in [-0.05, 0) is 83.3 Å². The van der Waals surface area contributed by atoms with Crippen LogP contribution in [-0.2, 0) is 23.1 Å². The van der Waals surface area contributed by atoms with Crippen molar-refractivity contribution in [2.24, 2.45) is 23.8 Å². The molecular formula is C31H46BrN3O2. The summed E-state index contributed by atoms with van der Waals surface area (Å²) >= 11 is 3.80. The fourth-order valence-corrected chi connectivity index (χ4v) is 6.02. The zero-order chi connectivity index (χ0) is 27.7. The Morgan fingerprint density at radius 3 is 2.35 bits per heavy atom. The second-order valence-corrected chi connectivity index (χ2v) is 13.0. The summed E-state index contributed by atoms with van der Waals surface area (Å²) in [6.07, 6.45) is 5.92. The van der Waals surface area contributed by atoms with Crippen molar-refractivity contribution >= 4 is 44.6 Å². The molecule has 0 radical (unpaired) electrons. The first-order chi connectivity index (χ1) is 17.3. The summed E-state index contributed by atoms with van der Waals surface area (Å²) in [6.45, 7) is 17.5. The normalized spacial score (nSPS) is 19.6. The molecule has 1 aliphatic heterocycles. The molecule has 6 heteroatoms. The first-order valence-electron chi connectivity index (χ1n) is 13.7. The molecule has 0 N–H and O–H groups in total. The number of aromatic nitrogens is 1. The number of carbonyl (C=O) groups excluding carboxylic acids is 2. The monoisotopic (exact) mass is 571 g/mol. The lowest BCUT2D eigenvalue weighted by molar-refractivity contribution is -0.134. The molecule has 2 aliphatic rings. The van der Waals surface area contributed by atoms with Gasteiger partial charge in [-0.3, -0.25) is 9.69 Å². The van der Waals surface area contributed by atoms with Crippen LogP contribution >= 0.6 is 15.9 Å². The third kappa shape index (κ3) is 5.75. The highest BCUT2D eigenvalue weighted by Gasteiger charge is 2.37. The van der Waals surface area contributed by atoms with Crippen LogP contribution in [0.25, 0.3) is 16.5 Å². The summed E-state index contributed by atoms with van der Waals surface area (Å²) in [5.74, 6) is 0.190. The smallest absolute Gasteiger partial charge is 0.230 e. The van der Waals surface area contributed by atoms with Crippen molar-refractivity contribution in [1.82, 2.24) is 14.4 Å². The fraction of sp³-hybridized carbons (Fsp3) is 0.613. The van der Waals surface area contributed by atoms with E-state index >= 15 is 0 Å². The largest absolute Gasteiger partial charge is 0.343 e. The predicted octanol–water partition coefficient (Wildman–Crippen LogP) is 6.72. The standard InChI is InChI=1S/C21H26BrN3O.C10H20O/c1-5-25(6-2)21(26)13-10-15-14-8-7-9-17-19(14)16(20(22)24(17)4)11-18(15)23(3)12-13;1-9(2,3)10(4,5)7-6-8-11/h7-10,13,18H,5-6,11-12H2,1-4H3;8H,6-7H2,1-5H3. The molecule has 4 rings (SSSR count). The van der Waals surface area contributed by atoms with Crippen molar-refractivity contribution in [2.45, 2.75) is 73.8 Å². The number of hydrogen-bond donors (Lipinski definition) is 0. The van der Waals surface area contributed by atoms with Gasteiger partial charge in [-0.15, -0.1) is 0 Å². The number of likely N-dealkylation sites (N-methyl/N-ethyl adjacent to an activating group) is 1. The summed E-state index contributed by atoms with van der Waals surface area (Å²) in [4.78, 5) is 27.5. The minimum atomic E-state index is -0.0601. The Bertz CT molecular complexity index is 1170. The second kappa shape index (κ2) is 11.4. The van der Waals surface area contributed by atoms with E-state index in [1.807, 2.05) is 4.90 Å². The maximum atomic E-state index is 13.0. The van der Waals surface area contributed by atoms with Crippen molar-refractivity contribution in [3.8, 4) is 0 Å². The summed E-state index contributed by atoms with van der Waals surface area (Å²) in [5.41, 5.74) is 5.80. The number of carbonyl (C=O) groups is 2. The predicted molar refractivity (Wildman–Crippen MR) is 159 cm³/mol. The van der Waals surface area contributed by atoms with Crippen LogP contribution < -0.4 is 0 Å². The first kappa shape index (κ1) is 29.6. The van der Waals surface area contributed by atoms with E-state index in [9.17, 15) is 9.59 Å². The van der Waals surface area contributed by atoms with Gasteiger partial charge in [0.2, 0.25) is 5.91 Å². The molecule has 37 heavy (non-hydrogen) atoms. The molecule has 1 aromatic heterocycles. The van der Waals surface area contributed by atoms with E-state index in [0.29, 0.717) is 12.5 Å². The SMILES string of the molecule is CC(C)(C)C(C)(C)CCC=O.CCN(CC)C(=O)C1C=C2c3cccc4c3c(c(Br)n4C)CC2N(C)C1. The zero-order valence-electron chi connectivity index (χ0n) is 24.3. The van der Waals surface area contributed by atoms with Gasteiger partial charge in [-0.2, -0.15) is 0 Å². The van der Waals surface area contributed by atoms with Gasteiger partial charge in [0.1, 0.15) is 6.29 Å². The zero-order valence-corrected chi connectivity index (χ0v) is 25.9. The van der Waals surface area contributed by atoms with Crippen LogP contribution in [0, 0.1) is 16.7 Å². The Morgan fingerprint density at radius 1 is 1.14 bits per heavy atom. The molecule has 0 spiro atoms. The second-order valence-electron chi connectivity index (χ2n) is 12.3. The quantitative estimate of drug-likeness (QED) is 0.361. The molecule has 1 aromatic carbocycles. The number of amides is 1. The maximum absolute atomic E-state index is 13.0. The van der Waals surface area contributed by atoms with E-state index < -0.39 is 0 Å². The van der Waals surface area contributed by atoms with Crippen molar-refractivity contribution in [3.63, 3.8) is 0 Å². The van der Waals surface area contributed by atoms with E-state index in [1.54, 1.807) is 0 Å². The Labute approximate surface area is 232 Å². The van der Waals surface area contributed by atoms with Crippen LogP contribution in [0.3, 0.4) is 0 Å². The number of aldehydes is 1. The summed E-state index contributed by atoms with van der Waals surface area (Å²) < 4.78 is 3.40. The highest BCUT2D eigenvalue weighted by Crippen LogP contribution is 2.44. The van der Waals surface area contributed by atoms with Gasteiger partial charge < -0.3 is 14.3 Å². The fourth-order valence-electron chi connectivity index (χ4n) is 5.47. The first-order valence-corrected chi connectivity index (χ1v) is 14.5. The number of fused-ring (bicyclic) bond motifs is 2. The van der Waals surface area contributed by atoms with Gasteiger partial charge in [0, 0.05) is 50.0 Å². The minimum absolute atomic E-state index is 0.0601. The van der Waals surface area contributed by atoms with E-state index in [2.05, 4.69) is 112 Å². The summed E-state index contributed by atoms with van der Waals surface area (Å²) in [6, 6.07) is 6.87. The molecule has 2 unspecified atom stereocenters. The van der Waals surface area contributed by atoms with E-state index in [1.165, 1.54) is 32.2 Å². The Hall–Kier alpha value is -1.92. The van der Waals surface area contributed by atoms with Gasteiger partial charge in [0.25, 0.3) is 0 Å². The van der Waals surface area contributed by atoms with Gasteiger partial charge in [-0.25, -0.2) is 0 Å². The number of rotatable bonds is 6. The molecule has 2 atom stereocenters. The highest BCUT2D eigenvalue weighted by atomic mass is 79.9. The summed E-state index contributed by atoms with van der Waals surface area (Å²) in [5, 5.41) is 1.34. The number of benzene rings is 1. The molecule has 0 fully saturated rings. The van der Waals surface area contributed by atoms with Crippen molar-refractivity contribution in [1.29, 1.82) is 0 Å². The molecule has 204 valence electrons. The molecule has 1 amide bonds. The Morgan fingerprint density at radius 2 is 1.78 bits per heavy atom. The molecule has 0 bridgehead atoms. The van der Waals surface area contributed by atoms with Crippen LogP contribution in [0.1, 0.15) is 72.4 Å². The maximum Gasteiger partial charge on any atom is 0.230 e. The van der Waals surface area contributed by atoms with E-state index in [0.717, 1.165) is 38.8 Å². The number of nitrogens with zero attached hydrogens (tertiary/aromatic N) is 3. The van der Waals surface area contributed by atoms with E-state index in [-0.39, 0.29) is 22.7 Å². The molecule has 5 nitrogen and oxygen atoms in total. The lowest BCUT2D eigenvalue weighted by Crippen LogP contribution is -2.47. The third-order valence-electron chi connectivity index (χ3n) is 9.02. The van der Waals surface area contributed by atoms with Gasteiger partial charge >= 0.3 is 0 Å². The average Bonchev–Trinajstić information content (AvgIpc) is 3.09. The highest BCUT2D eigenvalue weighted by molar-refractivity contribution is 9.10. The molecule has 1 aliphatic carbocycles. The van der Waals surface area contributed by atoms with Gasteiger partial charge in [0.15, 0.2) is 0 Å². The van der Waals surface area contributed by atoms with Crippen LogP contribution in [-0.4, -0.2) is 59.3 Å². The number of halogens is 1. The van der Waals surface area contributed by atoms with Crippen LogP contribution in [0.2, 0.25) is 0 Å². The third-order valence-corrected chi connectivity index (χ3v) is 10.0. The van der Waals surface area contributed by atoms with Crippen LogP contribution in [0.15, 0.2) is 28.9 Å². The van der Waals surface area contributed by atoms with E-state index in [4.69, 9.17) is 0 Å². The number of hydrogen-bond acceptors (Lipinski definition) is 3. The van der Waals surface area contributed by atoms with Crippen LogP contribution in [0.4, 0.5) is 0 Å². The average molecular weight is 573 g/mol. The lowest BCUT2D eigenvalue weighted by Gasteiger charge is -2.40. The molecule has 0 saturated carbocycles. The Balaban J connectivity index is 0.000000295. The lowest BCUT2D eigenvalue weighted by atomic mass is 9.67. The van der Waals surface area contributed by atoms with Gasteiger partial charge in [0.05, 0.1) is 10.5 Å². The molecule has 0 saturated heterocycles. The molecular weight excluding hydrogens is 526 g/mol. The van der Waals surface area contributed by atoms with Gasteiger partial charge in [-0.1, -0.05) is 52.8 Å².